The van der Waals surface area contributed by atoms with Gasteiger partial charge < -0.3 is 6.87 Å². The summed E-state index contributed by atoms with van der Waals surface area (Å²) in [6.45, 7) is 7.77. The molecular formula is C5H11IO3. The van der Waals surface area contributed by atoms with Crippen LogP contribution in [0.1, 0.15) is 13.8 Å². The normalized spacial score (nSPS) is 8.78. The maximum atomic E-state index is 8.68. The van der Waals surface area contributed by atoms with E-state index in [1.807, 2.05) is 6.08 Å². The quantitative estimate of drug-likeness (QED) is 0.378. The smallest absolute Gasteiger partial charge is 0.396 e. The molecule has 0 amide bonds. The van der Waals surface area contributed by atoms with Crippen LogP contribution < -0.4 is 27.9 Å². The van der Waals surface area contributed by atoms with Crippen LogP contribution in [-0.4, -0.2) is 3.44 Å². The summed E-state index contributed by atoms with van der Waals surface area (Å²) in [7, 11) is 0. The zero-order valence-corrected chi connectivity index (χ0v) is 7.66. The maximum Gasteiger partial charge on any atom is 0.503 e. The Morgan fingerprint density at radius 3 is 1.67 bits per heavy atom. The highest BCUT2D eigenvalue weighted by atomic mass is 127. The third-order valence-electron chi connectivity index (χ3n) is 0.471. The van der Waals surface area contributed by atoms with Crippen molar-refractivity contribution >= 4 is 0 Å². The van der Waals surface area contributed by atoms with Gasteiger partial charge >= 0.3 is 21.1 Å². The molecule has 0 aliphatic carbocycles. The Bertz CT molecular complexity index is 60.5. The van der Waals surface area contributed by atoms with E-state index in [9.17, 15) is 0 Å². The largest absolute Gasteiger partial charge is 0.503 e. The molecule has 0 bridgehead atoms. The highest BCUT2D eigenvalue weighted by molar-refractivity contribution is 4.69. The molecular weight excluding hydrogens is 235 g/mol. The van der Waals surface area contributed by atoms with Crippen molar-refractivity contribution in [3.8, 4) is 0 Å². The zero-order valence-electron chi connectivity index (χ0n) is 5.50. The van der Waals surface area contributed by atoms with Gasteiger partial charge in [0.2, 0.25) is 0 Å². The number of hydrogen-bond donors (Lipinski definition) is 1. The fourth-order valence-corrected chi connectivity index (χ4v) is 0. The summed E-state index contributed by atoms with van der Waals surface area (Å²) in [4.78, 5) is 0. The third kappa shape index (κ3) is 61.0. The fraction of sp³-hybridized carbons (Fsp3) is 0.600. The number of hydrogen-bond acceptors (Lipinski definition) is 3. The van der Waals surface area contributed by atoms with E-state index in [4.69, 9.17) is 10.3 Å². The molecule has 3 nitrogen and oxygen atoms in total. The summed E-state index contributed by atoms with van der Waals surface area (Å²) in [5.41, 5.74) is 0. The van der Waals surface area contributed by atoms with Crippen molar-refractivity contribution in [2.75, 3.05) is 0 Å². The van der Waals surface area contributed by atoms with E-state index in [0.29, 0.717) is 5.92 Å². The minimum Gasteiger partial charge on any atom is -0.396 e. The van der Waals surface area contributed by atoms with Crippen LogP contribution in [0.15, 0.2) is 12.7 Å². The van der Waals surface area contributed by atoms with Gasteiger partial charge in [-0.25, -0.2) is 0 Å². The van der Waals surface area contributed by atoms with E-state index >= 15 is 0 Å². The fourth-order valence-electron chi connectivity index (χ4n) is 0. The molecule has 56 valence electrons. The van der Waals surface area contributed by atoms with Crippen LogP contribution in [0.4, 0.5) is 0 Å². The van der Waals surface area contributed by atoms with Crippen LogP contribution in [0, 0.1) is 5.92 Å². The van der Waals surface area contributed by atoms with Gasteiger partial charge in [0.1, 0.15) is 0 Å². The second-order valence-corrected chi connectivity index (χ2v) is 2.83. The molecule has 0 unspecified atom stereocenters. The first kappa shape index (κ1) is 12.1. The molecule has 0 fully saturated rings. The van der Waals surface area contributed by atoms with Crippen molar-refractivity contribution in [3.63, 3.8) is 0 Å². The lowest BCUT2D eigenvalue weighted by atomic mass is 10.2. The van der Waals surface area contributed by atoms with Crippen molar-refractivity contribution < 1.29 is 31.4 Å². The van der Waals surface area contributed by atoms with Crippen LogP contribution >= 0.6 is 0 Å². The predicted octanol–water partition coefficient (Wildman–Crippen LogP) is -4.10. The van der Waals surface area contributed by atoms with Gasteiger partial charge in [0.25, 0.3) is 0 Å². The van der Waals surface area contributed by atoms with Gasteiger partial charge in [-0.1, -0.05) is 19.9 Å². The minimum atomic E-state index is -3.76. The van der Waals surface area contributed by atoms with Crippen LogP contribution in [0.5, 0.6) is 0 Å². The number of halogens is 1. The summed E-state index contributed by atoms with van der Waals surface area (Å²) < 4.78 is 24.5. The molecule has 0 radical (unpaired) electrons. The monoisotopic (exact) mass is 246 g/mol. The van der Waals surface area contributed by atoms with Crippen molar-refractivity contribution in [2.24, 2.45) is 5.92 Å². The summed E-state index contributed by atoms with van der Waals surface area (Å²) in [6.07, 6.45) is 1.92. The molecule has 0 rings (SSSR count). The van der Waals surface area contributed by atoms with Gasteiger partial charge in [-0.3, -0.25) is 0 Å². The number of rotatable bonds is 1. The highest BCUT2D eigenvalue weighted by Crippen LogP contribution is 1.87. The zero-order chi connectivity index (χ0) is 7.86. The Morgan fingerprint density at radius 1 is 1.56 bits per heavy atom. The Balaban J connectivity index is 0. The highest BCUT2D eigenvalue weighted by Gasteiger charge is 1.89. The Hall–Kier alpha value is 0.350. The molecule has 1 N–H and O–H groups in total. The van der Waals surface area contributed by atoms with E-state index in [0.717, 1.165) is 0 Å². The van der Waals surface area contributed by atoms with E-state index in [2.05, 4.69) is 20.4 Å². The Labute approximate surface area is 64.1 Å². The average molecular weight is 246 g/mol. The summed E-state index contributed by atoms with van der Waals surface area (Å²) in [6, 6.07) is 0. The SMILES string of the molecule is C=CC(C)C.[O-][I+2]([O-])O. The lowest BCUT2D eigenvalue weighted by Crippen LogP contribution is -3.98. The molecule has 0 spiro atoms. The first-order valence-electron chi connectivity index (χ1n) is 2.37. The van der Waals surface area contributed by atoms with Crippen molar-refractivity contribution in [3.05, 3.63) is 12.7 Å². The second kappa shape index (κ2) is 8.35. The van der Waals surface area contributed by atoms with E-state index in [1.165, 1.54) is 0 Å². The van der Waals surface area contributed by atoms with Gasteiger partial charge in [-0.2, -0.15) is 0 Å². The molecule has 0 aliphatic heterocycles. The molecule has 4 heteroatoms. The summed E-state index contributed by atoms with van der Waals surface area (Å²) >= 11 is -3.76. The maximum absolute atomic E-state index is 8.68. The van der Waals surface area contributed by atoms with Gasteiger partial charge in [-0.15, -0.1) is 6.58 Å². The predicted molar refractivity (Wildman–Crippen MR) is 27.3 cm³/mol. The second-order valence-electron chi connectivity index (χ2n) is 1.68. The molecule has 0 atom stereocenters. The molecule has 0 saturated carbocycles. The average Bonchev–Trinajstić information content (AvgIpc) is 1.65. The molecule has 0 heterocycles. The standard InChI is InChI=1S/C5H10.HIO3/c1-4-5(2)3;2-1(3)4/h4-5H,1H2,2-3H3;2H. The van der Waals surface area contributed by atoms with E-state index in [-0.39, 0.29) is 0 Å². The van der Waals surface area contributed by atoms with Crippen molar-refractivity contribution in [1.82, 2.24) is 0 Å². The lowest BCUT2D eigenvalue weighted by molar-refractivity contribution is -1.63. The van der Waals surface area contributed by atoms with E-state index in [1.54, 1.807) is 0 Å². The first-order chi connectivity index (χ1) is 4.00. The van der Waals surface area contributed by atoms with Gasteiger partial charge in [0.05, 0.1) is 0 Å². The summed E-state index contributed by atoms with van der Waals surface area (Å²) in [5.74, 6) is 0.648. The van der Waals surface area contributed by atoms with Crippen LogP contribution in [0.2, 0.25) is 0 Å². The Morgan fingerprint density at radius 2 is 1.67 bits per heavy atom. The van der Waals surface area contributed by atoms with E-state index < -0.39 is 21.1 Å². The first-order valence-corrected chi connectivity index (χ1v) is 5.10. The minimum absolute atomic E-state index is 0.648. The van der Waals surface area contributed by atoms with Crippen LogP contribution in [0.25, 0.3) is 0 Å². The van der Waals surface area contributed by atoms with Gasteiger partial charge in [0.15, 0.2) is 0 Å². The molecule has 0 saturated heterocycles. The lowest BCUT2D eigenvalue weighted by Gasteiger charge is -1.84. The van der Waals surface area contributed by atoms with Crippen molar-refractivity contribution in [2.45, 2.75) is 13.8 Å². The topological polar surface area (TPSA) is 66.3 Å². The molecule has 0 aliphatic rings. The summed E-state index contributed by atoms with van der Waals surface area (Å²) in [5, 5.41) is 0. The molecule has 0 aromatic heterocycles. The molecule has 0 aromatic rings. The van der Waals surface area contributed by atoms with Crippen molar-refractivity contribution in [1.29, 1.82) is 0 Å². The Kier molecular flexibility index (Phi) is 11.2. The molecule has 0 aromatic carbocycles. The van der Waals surface area contributed by atoms with Crippen LogP contribution in [-0.2, 0) is 0 Å². The van der Waals surface area contributed by atoms with Crippen LogP contribution in [0.3, 0.4) is 0 Å². The number of allylic oxidation sites excluding steroid dienone is 1. The van der Waals surface area contributed by atoms with Gasteiger partial charge in [0, 0.05) is 0 Å². The van der Waals surface area contributed by atoms with Gasteiger partial charge in [-0.05, 0) is 9.35 Å². The third-order valence-corrected chi connectivity index (χ3v) is 0.471. The molecule has 9 heavy (non-hydrogen) atoms.